The maximum Gasteiger partial charge on any atom is 0.260 e. The number of H-pyrrole nitrogens is 1. The van der Waals surface area contributed by atoms with Gasteiger partial charge in [-0.3, -0.25) is 9.59 Å². The van der Waals surface area contributed by atoms with Gasteiger partial charge < -0.3 is 19.9 Å². The molecule has 3 rings (SSSR count). The molecule has 2 aromatic rings. The monoisotopic (exact) mass is 314 g/mol. The highest BCUT2D eigenvalue weighted by Gasteiger charge is 2.13. The van der Waals surface area contributed by atoms with Crippen molar-refractivity contribution >= 4 is 11.7 Å². The van der Waals surface area contributed by atoms with Crippen LogP contribution in [0.3, 0.4) is 0 Å². The van der Waals surface area contributed by atoms with Gasteiger partial charge in [0.15, 0.2) is 0 Å². The quantitative estimate of drug-likeness (QED) is 0.860. The van der Waals surface area contributed by atoms with Gasteiger partial charge in [0.05, 0.1) is 13.2 Å². The van der Waals surface area contributed by atoms with Crippen LogP contribution in [-0.2, 0) is 11.3 Å². The number of aromatic amines is 1. The van der Waals surface area contributed by atoms with Crippen LogP contribution in [-0.4, -0.2) is 42.2 Å². The molecule has 1 aliphatic heterocycles. The van der Waals surface area contributed by atoms with Crippen molar-refractivity contribution in [3.8, 4) is 0 Å². The van der Waals surface area contributed by atoms with E-state index in [9.17, 15) is 9.59 Å². The minimum absolute atomic E-state index is 0.106. The Morgan fingerprint density at radius 3 is 2.96 bits per heavy atom. The smallest absolute Gasteiger partial charge is 0.260 e. The molecule has 1 aliphatic rings. The molecular formula is C16H18N4O3. The van der Waals surface area contributed by atoms with E-state index in [1.54, 1.807) is 12.3 Å². The SMILES string of the molecule is O=C(NCc1ccnc(N2CCOCC2)c1)c1ccc[nH]c1=O. The second kappa shape index (κ2) is 7.06. The van der Waals surface area contributed by atoms with Gasteiger partial charge in [0.2, 0.25) is 0 Å². The lowest BCUT2D eigenvalue weighted by Crippen LogP contribution is -2.36. The van der Waals surface area contributed by atoms with Gasteiger partial charge in [-0.2, -0.15) is 0 Å². The molecule has 0 unspecified atom stereocenters. The predicted octanol–water partition coefficient (Wildman–Crippen LogP) is 0.536. The van der Waals surface area contributed by atoms with Crippen LogP contribution in [0.25, 0.3) is 0 Å². The van der Waals surface area contributed by atoms with Gasteiger partial charge in [0.1, 0.15) is 11.4 Å². The van der Waals surface area contributed by atoms with Crippen LogP contribution in [0.5, 0.6) is 0 Å². The number of nitrogens with zero attached hydrogens (tertiary/aromatic N) is 2. The Balaban J connectivity index is 1.65. The van der Waals surface area contributed by atoms with E-state index >= 15 is 0 Å². The van der Waals surface area contributed by atoms with Crippen LogP contribution in [0.4, 0.5) is 5.82 Å². The largest absolute Gasteiger partial charge is 0.378 e. The number of nitrogens with one attached hydrogen (secondary N) is 2. The lowest BCUT2D eigenvalue weighted by atomic mass is 10.2. The van der Waals surface area contributed by atoms with Crippen LogP contribution in [0, 0.1) is 0 Å². The van der Waals surface area contributed by atoms with Crippen molar-refractivity contribution in [2.24, 2.45) is 0 Å². The fourth-order valence-electron chi connectivity index (χ4n) is 2.41. The first-order valence-corrected chi connectivity index (χ1v) is 7.47. The number of hydrogen-bond donors (Lipinski definition) is 2. The van der Waals surface area contributed by atoms with E-state index in [0.29, 0.717) is 19.8 Å². The summed E-state index contributed by atoms with van der Waals surface area (Å²) in [5.41, 5.74) is 0.644. The minimum Gasteiger partial charge on any atom is -0.378 e. The molecule has 120 valence electrons. The third-order valence-electron chi connectivity index (χ3n) is 3.66. The highest BCUT2D eigenvalue weighted by atomic mass is 16.5. The maximum absolute atomic E-state index is 12.1. The molecule has 0 aliphatic carbocycles. The topological polar surface area (TPSA) is 87.3 Å². The molecule has 1 saturated heterocycles. The van der Waals surface area contributed by atoms with Crippen LogP contribution < -0.4 is 15.8 Å². The molecular weight excluding hydrogens is 296 g/mol. The van der Waals surface area contributed by atoms with E-state index in [-0.39, 0.29) is 5.56 Å². The number of anilines is 1. The second-order valence-electron chi connectivity index (χ2n) is 5.22. The Hall–Kier alpha value is -2.67. The third-order valence-corrected chi connectivity index (χ3v) is 3.66. The average molecular weight is 314 g/mol. The zero-order valence-corrected chi connectivity index (χ0v) is 12.6. The molecule has 0 radical (unpaired) electrons. The van der Waals surface area contributed by atoms with E-state index in [4.69, 9.17) is 4.74 Å². The van der Waals surface area contributed by atoms with E-state index in [1.165, 1.54) is 12.3 Å². The molecule has 0 bridgehead atoms. The standard InChI is InChI=1S/C16H18N4O3/c21-15-13(2-1-4-18-15)16(22)19-11-12-3-5-17-14(10-12)20-6-8-23-9-7-20/h1-5,10H,6-9,11H2,(H,18,21)(H,19,22). The lowest BCUT2D eigenvalue weighted by molar-refractivity contribution is 0.0949. The Labute approximate surface area is 133 Å². The van der Waals surface area contributed by atoms with E-state index in [0.717, 1.165) is 24.5 Å². The van der Waals surface area contributed by atoms with Crippen molar-refractivity contribution in [2.75, 3.05) is 31.2 Å². The number of carbonyl (C=O) groups is 1. The molecule has 2 N–H and O–H groups in total. The van der Waals surface area contributed by atoms with Crippen molar-refractivity contribution < 1.29 is 9.53 Å². The summed E-state index contributed by atoms with van der Waals surface area (Å²) >= 11 is 0. The number of amides is 1. The minimum atomic E-state index is -0.395. The molecule has 2 aromatic heterocycles. The van der Waals surface area contributed by atoms with Gasteiger partial charge in [-0.15, -0.1) is 0 Å². The summed E-state index contributed by atoms with van der Waals surface area (Å²) in [7, 11) is 0. The zero-order valence-electron chi connectivity index (χ0n) is 12.6. The fourth-order valence-corrected chi connectivity index (χ4v) is 2.41. The van der Waals surface area contributed by atoms with Crippen molar-refractivity contribution in [1.29, 1.82) is 0 Å². The summed E-state index contributed by atoms with van der Waals surface area (Å²) in [5.74, 6) is 0.481. The highest BCUT2D eigenvalue weighted by Crippen LogP contribution is 2.14. The number of morpholine rings is 1. The van der Waals surface area contributed by atoms with Gasteiger partial charge in [-0.05, 0) is 29.8 Å². The molecule has 0 atom stereocenters. The van der Waals surface area contributed by atoms with Crippen LogP contribution in [0.2, 0.25) is 0 Å². The first-order valence-electron chi connectivity index (χ1n) is 7.47. The maximum atomic E-state index is 12.1. The predicted molar refractivity (Wildman–Crippen MR) is 85.5 cm³/mol. The fraction of sp³-hybridized carbons (Fsp3) is 0.312. The normalized spacial score (nSPS) is 14.5. The van der Waals surface area contributed by atoms with Crippen LogP contribution in [0.1, 0.15) is 15.9 Å². The zero-order chi connectivity index (χ0) is 16.1. The van der Waals surface area contributed by atoms with Gasteiger partial charge in [0.25, 0.3) is 11.5 Å². The molecule has 7 nitrogen and oxygen atoms in total. The summed E-state index contributed by atoms with van der Waals surface area (Å²) in [6, 6.07) is 6.92. The first kappa shape index (κ1) is 15.2. The summed E-state index contributed by atoms with van der Waals surface area (Å²) in [6.45, 7) is 3.34. The Kier molecular flexibility index (Phi) is 4.68. The summed E-state index contributed by atoms with van der Waals surface area (Å²) < 4.78 is 5.33. The van der Waals surface area contributed by atoms with Crippen molar-refractivity contribution in [1.82, 2.24) is 15.3 Å². The summed E-state index contributed by atoms with van der Waals surface area (Å²) in [6.07, 6.45) is 3.22. The number of pyridine rings is 2. The van der Waals surface area contributed by atoms with Gasteiger partial charge in [-0.1, -0.05) is 0 Å². The second-order valence-corrected chi connectivity index (χ2v) is 5.22. The molecule has 0 saturated carbocycles. The molecule has 1 amide bonds. The Bertz CT molecular complexity index is 738. The molecule has 1 fully saturated rings. The van der Waals surface area contributed by atoms with E-state index in [1.807, 2.05) is 12.1 Å². The molecule has 7 heteroatoms. The number of hydrogen-bond acceptors (Lipinski definition) is 5. The number of rotatable bonds is 4. The van der Waals surface area contributed by atoms with Crippen molar-refractivity contribution in [3.63, 3.8) is 0 Å². The highest BCUT2D eigenvalue weighted by molar-refractivity contribution is 5.93. The molecule has 0 aromatic carbocycles. The number of ether oxygens (including phenoxy) is 1. The first-order chi connectivity index (χ1) is 11.2. The van der Waals surface area contributed by atoms with Crippen molar-refractivity contribution in [2.45, 2.75) is 6.54 Å². The van der Waals surface area contributed by atoms with Gasteiger partial charge >= 0.3 is 0 Å². The van der Waals surface area contributed by atoms with Crippen LogP contribution in [0.15, 0.2) is 41.5 Å². The van der Waals surface area contributed by atoms with E-state index < -0.39 is 11.5 Å². The lowest BCUT2D eigenvalue weighted by Gasteiger charge is -2.28. The molecule has 0 spiro atoms. The Morgan fingerprint density at radius 2 is 2.17 bits per heavy atom. The van der Waals surface area contributed by atoms with Gasteiger partial charge in [-0.25, -0.2) is 4.98 Å². The number of carbonyl (C=O) groups excluding carboxylic acids is 1. The van der Waals surface area contributed by atoms with Crippen LogP contribution >= 0.6 is 0 Å². The Morgan fingerprint density at radius 1 is 1.35 bits per heavy atom. The third kappa shape index (κ3) is 3.75. The number of aromatic nitrogens is 2. The van der Waals surface area contributed by atoms with E-state index in [2.05, 4.69) is 20.2 Å². The molecule has 3 heterocycles. The average Bonchev–Trinajstić information content (AvgIpc) is 2.61. The summed E-state index contributed by atoms with van der Waals surface area (Å²) in [5, 5.41) is 2.76. The molecule has 23 heavy (non-hydrogen) atoms. The summed E-state index contributed by atoms with van der Waals surface area (Å²) in [4.78, 5) is 32.6. The van der Waals surface area contributed by atoms with Crippen molar-refractivity contribution in [3.05, 3.63) is 58.1 Å². The van der Waals surface area contributed by atoms with Gasteiger partial charge in [0, 0.05) is 32.0 Å².